The molecule has 0 spiro atoms. The number of amides is 2. The van der Waals surface area contributed by atoms with Crippen molar-refractivity contribution in [2.75, 3.05) is 18.4 Å². The lowest BCUT2D eigenvalue weighted by Gasteiger charge is -2.32. The van der Waals surface area contributed by atoms with Gasteiger partial charge in [-0.2, -0.15) is 0 Å². The summed E-state index contributed by atoms with van der Waals surface area (Å²) in [5.74, 6) is 0.0469. The molecule has 0 aromatic heterocycles. The van der Waals surface area contributed by atoms with E-state index < -0.39 is 0 Å². The smallest absolute Gasteiger partial charge is 0.227 e. The molecule has 1 aromatic carbocycles. The summed E-state index contributed by atoms with van der Waals surface area (Å²) in [4.78, 5) is 26.1. The minimum atomic E-state index is -0.0781. The van der Waals surface area contributed by atoms with E-state index in [0.717, 1.165) is 0 Å². The van der Waals surface area contributed by atoms with Crippen molar-refractivity contribution >= 4 is 40.7 Å². The summed E-state index contributed by atoms with van der Waals surface area (Å²) in [6.45, 7) is 5.06. The molecule has 0 atom stereocenters. The Balaban J connectivity index is 1.89. The van der Waals surface area contributed by atoms with Crippen molar-refractivity contribution in [2.24, 2.45) is 11.8 Å². The van der Waals surface area contributed by atoms with Crippen LogP contribution >= 0.6 is 23.2 Å². The number of hydrogen-bond acceptors (Lipinski definition) is 2. The Morgan fingerprint density at radius 1 is 1.18 bits per heavy atom. The van der Waals surface area contributed by atoms with Crippen LogP contribution in [-0.4, -0.2) is 29.8 Å². The van der Waals surface area contributed by atoms with Crippen molar-refractivity contribution < 1.29 is 9.59 Å². The van der Waals surface area contributed by atoms with Crippen LogP contribution in [0.4, 0.5) is 5.69 Å². The fourth-order valence-corrected chi connectivity index (χ4v) is 2.84. The Morgan fingerprint density at radius 2 is 1.82 bits per heavy atom. The molecule has 0 unspecified atom stereocenters. The molecule has 1 aromatic rings. The first-order chi connectivity index (χ1) is 10.4. The molecule has 1 heterocycles. The molecule has 120 valence electrons. The zero-order chi connectivity index (χ0) is 16.3. The van der Waals surface area contributed by atoms with E-state index in [1.807, 2.05) is 18.7 Å². The average molecular weight is 343 g/mol. The summed E-state index contributed by atoms with van der Waals surface area (Å²) in [5.41, 5.74) is 0.639. The maximum Gasteiger partial charge on any atom is 0.227 e. The maximum atomic E-state index is 12.3. The van der Waals surface area contributed by atoms with Gasteiger partial charge in [0.15, 0.2) is 0 Å². The number of carbonyl (C=O) groups is 2. The molecular formula is C16H20Cl2N2O2. The van der Waals surface area contributed by atoms with Gasteiger partial charge in [0.05, 0.1) is 10.0 Å². The molecule has 0 radical (unpaired) electrons. The third-order valence-electron chi connectivity index (χ3n) is 3.86. The number of nitrogens with zero attached hydrogens (tertiary/aromatic N) is 1. The monoisotopic (exact) mass is 342 g/mol. The van der Waals surface area contributed by atoms with Crippen LogP contribution in [0.2, 0.25) is 10.0 Å². The highest BCUT2D eigenvalue weighted by molar-refractivity contribution is 6.42. The van der Waals surface area contributed by atoms with Crippen LogP contribution in [0.25, 0.3) is 0 Å². The highest BCUT2D eigenvalue weighted by Gasteiger charge is 2.28. The number of benzene rings is 1. The Bertz CT molecular complexity index is 567. The summed E-state index contributed by atoms with van der Waals surface area (Å²) in [5, 5.41) is 3.73. The van der Waals surface area contributed by atoms with Gasteiger partial charge in [0.1, 0.15) is 0 Å². The quantitative estimate of drug-likeness (QED) is 0.907. The fourth-order valence-electron chi connectivity index (χ4n) is 2.55. The van der Waals surface area contributed by atoms with Gasteiger partial charge in [-0.05, 0) is 31.0 Å². The van der Waals surface area contributed by atoms with Crippen molar-refractivity contribution in [1.29, 1.82) is 0 Å². The lowest BCUT2D eigenvalue weighted by molar-refractivity contribution is -0.137. The predicted molar refractivity (Wildman–Crippen MR) is 89.2 cm³/mol. The standard InChI is InChI=1S/C16H20Cl2N2O2/c1-10(2)16(22)20-7-5-11(6-8-20)15(21)19-12-3-4-13(17)14(18)9-12/h3-4,9-11H,5-8H2,1-2H3,(H,19,21). The van der Waals surface area contributed by atoms with Gasteiger partial charge in [-0.1, -0.05) is 37.0 Å². The van der Waals surface area contributed by atoms with Crippen LogP contribution in [0.5, 0.6) is 0 Å². The van der Waals surface area contributed by atoms with E-state index in [4.69, 9.17) is 23.2 Å². The second-order valence-electron chi connectivity index (χ2n) is 5.87. The number of hydrogen-bond donors (Lipinski definition) is 1. The van der Waals surface area contributed by atoms with Crippen LogP contribution in [0.1, 0.15) is 26.7 Å². The SMILES string of the molecule is CC(C)C(=O)N1CCC(C(=O)Nc2ccc(Cl)c(Cl)c2)CC1. The number of halogens is 2. The summed E-state index contributed by atoms with van der Waals surface area (Å²) in [6.07, 6.45) is 1.37. The van der Waals surface area contributed by atoms with Crippen molar-refractivity contribution in [1.82, 2.24) is 4.90 Å². The first kappa shape index (κ1) is 17.1. The molecule has 2 amide bonds. The molecule has 1 fully saturated rings. The van der Waals surface area contributed by atoms with E-state index in [-0.39, 0.29) is 23.7 Å². The molecular weight excluding hydrogens is 323 g/mol. The summed E-state index contributed by atoms with van der Waals surface area (Å²) in [6, 6.07) is 5.02. The number of likely N-dealkylation sites (tertiary alicyclic amines) is 1. The van der Waals surface area contributed by atoms with Gasteiger partial charge in [-0.3, -0.25) is 9.59 Å². The largest absolute Gasteiger partial charge is 0.342 e. The molecule has 4 nitrogen and oxygen atoms in total. The van der Waals surface area contributed by atoms with Crippen LogP contribution in [0.15, 0.2) is 18.2 Å². The molecule has 22 heavy (non-hydrogen) atoms. The van der Waals surface area contributed by atoms with E-state index in [9.17, 15) is 9.59 Å². The molecule has 0 aliphatic carbocycles. The number of nitrogens with one attached hydrogen (secondary N) is 1. The molecule has 1 aliphatic rings. The Hall–Kier alpha value is -1.26. The third-order valence-corrected chi connectivity index (χ3v) is 4.60. The molecule has 1 aliphatic heterocycles. The van der Waals surface area contributed by atoms with Gasteiger partial charge in [0, 0.05) is 30.6 Å². The topological polar surface area (TPSA) is 49.4 Å². The van der Waals surface area contributed by atoms with Crippen LogP contribution in [0, 0.1) is 11.8 Å². The van der Waals surface area contributed by atoms with E-state index in [1.165, 1.54) is 0 Å². The fraction of sp³-hybridized carbons (Fsp3) is 0.500. The number of anilines is 1. The molecule has 0 bridgehead atoms. The summed E-state index contributed by atoms with van der Waals surface area (Å²) in [7, 11) is 0. The van der Waals surface area contributed by atoms with Gasteiger partial charge >= 0.3 is 0 Å². The molecule has 1 N–H and O–H groups in total. The van der Waals surface area contributed by atoms with E-state index in [2.05, 4.69) is 5.32 Å². The zero-order valence-electron chi connectivity index (χ0n) is 12.7. The Morgan fingerprint density at radius 3 is 2.36 bits per heavy atom. The van der Waals surface area contributed by atoms with E-state index >= 15 is 0 Å². The lowest BCUT2D eigenvalue weighted by Crippen LogP contribution is -2.43. The number of rotatable bonds is 3. The molecule has 1 saturated heterocycles. The summed E-state index contributed by atoms with van der Waals surface area (Å²) < 4.78 is 0. The third kappa shape index (κ3) is 4.14. The van der Waals surface area contributed by atoms with Crippen molar-refractivity contribution in [2.45, 2.75) is 26.7 Å². The number of carbonyl (C=O) groups excluding carboxylic acids is 2. The Labute approximate surface area is 140 Å². The van der Waals surface area contributed by atoms with Crippen LogP contribution in [0.3, 0.4) is 0 Å². The Kier molecular flexibility index (Phi) is 5.70. The van der Waals surface area contributed by atoms with E-state index in [1.54, 1.807) is 18.2 Å². The second-order valence-corrected chi connectivity index (χ2v) is 6.69. The van der Waals surface area contributed by atoms with Gasteiger partial charge in [0.2, 0.25) is 11.8 Å². The second kappa shape index (κ2) is 7.34. The number of piperidine rings is 1. The highest BCUT2D eigenvalue weighted by Crippen LogP contribution is 2.26. The highest BCUT2D eigenvalue weighted by atomic mass is 35.5. The molecule has 6 heteroatoms. The minimum absolute atomic E-state index is 0.00147. The zero-order valence-corrected chi connectivity index (χ0v) is 14.2. The van der Waals surface area contributed by atoms with E-state index in [0.29, 0.717) is 41.7 Å². The molecule has 2 rings (SSSR count). The van der Waals surface area contributed by atoms with Gasteiger partial charge in [-0.15, -0.1) is 0 Å². The van der Waals surface area contributed by atoms with Gasteiger partial charge in [0.25, 0.3) is 0 Å². The van der Waals surface area contributed by atoms with Gasteiger partial charge < -0.3 is 10.2 Å². The minimum Gasteiger partial charge on any atom is -0.342 e. The van der Waals surface area contributed by atoms with Gasteiger partial charge in [-0.25, -0.2) is 0 Å². The summed E-state index contributed by atoms with van der Waals surface area (Å²) >= 11 is 11.8. The molecule has 0 saturated carbocycles. The average Bonchev–Trinajstić information content (AvgIpc) is 2.50. The van der Waals surface area contributed by atoms with Crippen molar-refractivity contribution in [3.05, 3.63) is 28.2 Å². The lowest BCUT2D eigenvalue weighted by atomic mass is 9.95. The van der Waals surface area contributed by atoms with Crippen LogP contribution < -0.4 is 5.32 Å². The van der Waals surface area contributed by atoms with Crippen molar-refractivity contribution in [3.63, 3.8) is 0 Å². The maximum absolute atomic E-state index is 12.3. The predicted octanol–water partition coefficient (Wildman–Crippen LogP) is 3.83. The van der Waals surface area contributed by atoms with Crippen molar-refractivity contribution in [3.8, 4) is 0 Å². The van der Waals surface area contributed by atoms with Crippen LogP contribution in [-0.2, 0) is 9.59 Å². The normalized spacial score (nSPS) is 16.0. The first-order valence-electron chi connectivity index (χ1n) is 7.43. The first-order valence-corrected chi connectivity index (χ1v) is 8.18.